The molecule has 0 bridgehead atoms. The normalized spacial score (nSPS) is 12.0. The van der Waals surface area contributed by atoms with Gasteiger partial charge in [0.25, 0.3) is 5.91 Å². The third-order valence-electron chi connectivity index (χ3n) is 3.11. The van der Waals surface area contributed by atoms with E-state index in [-0.39, 0.29) is 11.9 Å². The molecule has 1 unspecified atom stereocenters. The predicted octanol–water partition coefficient (Wildman–Crippen LogP) is 2.40. The van der Waals surface area contributed by atoms with Crippen LogP contribution in [0.15, 0.2) is 34.9 Å². The monoisotopic (exact) mass is 288 g/mol. The quantitative estimate of drug-likeness (QED) is 0.560. The molecular weight excluding hydrogens is 268 g/mol. The van der Waals surface area contributed by atoms with Crippen molar-refractivity contribution in [2.24, 2.45) is 5.84 Å². The van der Waals surface area contributed by atoms with Gasteiger partial charge >= 0.3 is 0 Å². The minimum Gasteiger partial charge on any atom is -0.467 e. The first-order valence-electron chi connectivity index (χ1n) is 6.96. The summed E-state index contributed by atoms with van der Waals surface area (Å²) in [7, 11) is 0. The molecule has 112 valence electrons. The van der Waals surface area contributed by atoms with E-state index in [1.165, 1.54) is 0 Å². The van der Waals surface area contributed by atoms with Gasteiger partial charge in [0, 0.05) is 11.3 Å². The maximum absolute atomic E-state index is 12.3. The van der Waals surface area contributed by atoms with E-state index in [1.807, 2.05) is 13.0 Å². The number of anilines is 1. The minimum atomic E-state index is -0.204. The van der Waals surface area contributed by atoms with Crippen molar-refractivity contribution >= 4 is 11.7 Å². The number of hydrazine groups is 1. The number of aryl methyl sites for hydroxylation is 1. The van der Waals surface area contributed by atoms with Crippen LogP contribution in [0.5, 0.6) is 0 Å². The third-order valence-corrected chi connectivity index (χ3v) is 3.11. The van der Waals surface area contributed by atoms with Gasteiger partial charge in [0.1, 0.15) is 11.6 Å². The third kappa shape index (κ3) is 3.82. The van der Waals surface area contributed by atoms with E-state index in [0.29, 0.717) is 17.1 Å². The van der Waals surface area contributed by atoms with Crippen molar-refractivity contribution in [3.8, 4) is 0 Å². The second kappa shape index (κ2) is 6.90. The van der Waals surface area contributed by atoms with Crippen molar-refractivity contribution in [2.75, 3.05) is 5.43 Å². The number of nitrogen functional groups attached to an aromatic ring is 1. The molecule has 1 atom stereocenters. The smallest absolute Gasteiger partial charge is 0.252 e. The highest BCUT2D eigenvalue weighted by atomic mass is 16.3. The van der Waals surface area contributed by atoms with E-state index in [2.05, 4.69) is 22.7 Å². The molecule has 21 heavy (non-hydrogen) atoms. The van der Waals surface area contributed by atoms with Crippen LogP contribution in [-0.4, -0.2) is 10.9 Å². The van der Waals surface area contributed by atoms with Crippen LogP contribution in [0.25, 0.3) is 0 Å². The molecule has 2 heterocycles. The molecule has 4 N–H and O–H groups in total. The number of hydrogen-bond acceptors (Lipinski definition) is 5. The number of carbonyl (C=O) groups is 1. The number of nitrogens with two attached hydrogens (primary N) is 1. The Kier molecular flexibility index (Phi) is 4.94. The molecule has 1 amide bonds. The highest BCUT2D eigenvalue weighted by molar-refractivity contribution is 5.95. The summed E-state index contributed by atoms with van der Waals surface area (Å²) in [6.45, 7) is 3.93. The Morgan fingerprint density at radius 2 is 2.29 bits per heavy atom. The Bertz CT molecular complexity index is 596. The molecule has 0 fully saturated rings. The average Bonchev–Trinajstić information content (AvgIpc) is 3.01. The van der Waals surface area contributed by atoms with Gasteiger partial charge in [-0.2, -0.15) is 0 Å². The summed E-state index contributed by atoms with van der Waals surface area (Å²) in [6.07, 6.45) is 3.33. The second-order valence-electron chi connectivity index (χ2n) is 4.84. The summed E-state index contributed by atoms with van der Waals surface area (Å²) in [5.41, 5.74) is 3.86. The average molecular weight is 288 g/mol. The molecule has 0 saturated heterocycles. The lowest BCUT2D eigenvalue weighted by atomic mass is 10.1. The zero-order valence-electron chi connectivity index (χ0n) is 12.2. The van der Waals surface area contributed by atoms with Gasteiger partial charge in [-0.3, -0.25) is 4.79 Å². The Morgan fingerprint density at radius 1 is 1.48 bits per heavy atom. The first-order valence-corrected chi connectivity index (χ1v) is 6.96. The van der Waals surface area contributed by atoms with Crippen molar-refractivity contribution in [2.45, 2.75) is 32.7 Å². The number of nitrogens with one attached hydrogen (secondary N) is 2. The van der Waals surface area contributed by atoms with Crippen molar-refractivity contribution in [1.82, 2.24) is 10.3 Å². The van der Waals surface area contributed by atoms with Gasteiger partial charge in [-0.1, -0.05) is 13.3 Å². The number of hydrogen-bond donors (Lipinski definition) is 3. The largest absolute Gasteiger partial charge is 0.467 e. The number of furan rings is 1. The molecule has 0 aliphatic carbocycles. The van der Waals surface area contributed by atoms with Crippen molar-refractivity contribution in [3.05, 3.63) is 47.5 Å². The molecular formula is C15H20N4O2. The molecule has 0 spiro atoms. The van der Waals surface area contributed by atoms with Crippen LogP contribution >= 0.6 is 0 Å². The number of amides is 1. The van der Waals surface area contributed by atoms with E-state index in [0.717, 1.165) is 18.5 Å². The molecule has 6 nitrogen and oxygen atoms in total. The van der Waals surface area contributed by atoms with E-state index in [1.54, 1.807) is 24.5 Å². The van der Waals surface area contributed by atoms with Gasteiger partial charge in [-0.05, 0) is 37.6 Å². The summed E-state index contributed by atoms with van der Waals surface area (Å²) in [6, 6.07) is 6.83. The molecule has 0 aromatic carbocycles. The molecule has 2 aromatic heterocycles. The van der Waals surface area contributed by atoms with E-state index >= 15 is 0 Å². The zero-order chi connectivity index (χ0) is 15.2. The fraction of sp³-hybridized carbons (Fsp3) is 0.333. The second-order valence-corrected chi connectivity index (χ2v) is 4.84. The van der Waals surface area contributed by atoms with Crippen LogP contribution in [0.1, 0.15) is 48.1 Å². The highest BCUT2D eigenvalue weighted by Crippen LogP contribution is 2.15. The van der Waals surface area contributed by atoms with Crippen molar-refractivity contribution < 1.29 is 9.21 Å². The van der Waals surface area contributed by atoms with Gasteiger partial charge in [0.2, 0.25) is 0 Å². The topological polar surface area (TPSA) is 93.2 Å². The van der Waals surface area contributed by atoms with Crippen LogP contribution in [0, 0.1) is 0 Å². The summed E-state index contributed by atoms with van der Waals surface area (Å²) in [4.78, 5) is 16.6. The molecule has 2 aromatic rings. The van der Waals surface area contributed by atoms with Crippen LogP contribution in [0.2, 0.25) is 0 Å². The number of aromatic nitrogens is 1. The summed E-state index contributed by atoms with van der Waals surface area (Å²) in [5, 5.41) is 2.89. The Hall–Kier alpha value is -2.34. The molecule has 0 aliphatic heterocycles. The van der Waals surface area contributed by atoms with Crippen molar-refractivity contribution in [1.29, 1.82) is 0 Å². The molecule has 6 heteroatoms. The van der Waals surface area contributed by atoms with Gasteiger partial charge in [-0.15, -0.1) is 0 Å². The Balaban J connectivity index is 2.16. The van der Waals surface area contributed by atoms with Crippen LogP contribution in [0.3, 0.4) is 0 Å². The van der Waals surface area contributed by atoms with Gasteiger partial charge in [0.05, 0.1) is 12.3 Å². The Labute approximate surface area is 123 Å². The molecule has 0 aliphatic rings. The molecule has 0 radical (unpaired) electrons. The van der Waals surface area contributed by atoms with Crippen LogP contribution < -0.4 is 16.6 Å². The summed E-state index contributed by atoms with van der Waals surface area (Å²) >= 11 is 0. The first-order chi connectivity index (χ1) is 10.1. The number of pyridine rings is 1. The van der Waals surface area contributed by atoms with Crippen LogP contribution in [-0.2, 0) is 6.42 Å². The zero-order valence-corrected chi connectivity index (χ0v) is 12.2. The van der Waals surface area contributed by atoms with E-state index in [9.17, 15) is 4.79 Å². The summed E-state index contributed by atoms with van der Waals surface area (Å²) in [5.74, 6) is 6.41. The van der Waals surface area contributed by atoms with Gasteiger partial charge < -0.3 is 15.2 Å². The highest BCUT2D eigenvalue weighted by Gasteiger charge is 2.15. The molecule has 0 saturated carbocycles. The SMILES string of the molecule is CCCc1cc(C(=O)NC(C)c2ccco2)cc(NN)n1. The van der Waals surface area contributed by atoms with Crippen LogP contribution in [0.4, 0.5) is 5.82 Å². The Morgan fingerprint density at radius 3 is 2.90 bits per heavy atom. The molecule has 2 rings (SSSR count). The fourth-order valence-corrected chi connectivity index (χ4v) is 2.07. The maximum Gasteiger partial charge on any atom is 0.252 e. The lowest BCUT2D eigenvalue weighted by Crippen LogP contribution is -2.27. The maximum atomic E-state index is 12.3. The first kappa shape index (κ1) is 15.1. The van der Waals surface area contributed by atoms with Gasteiger partial charge in [-0.25, -0.2) is 10.8 Å². The lowest BCUT2D eigenvalue weighted by Gasteiger charge is -2.13. The van der Waals surface area contributed by atoms with E-state index in [4.69, 9.17) is 10.3 Å². The predicted molar refractivity (Wildman–Crippen MR) is 80.6 cm³/mol. The number of rotatable bonds is 6. The number of carbonyl (C=O) groups excluding carboxylic acids is 1. The minimum absolute atomic E-state index is 0.185. The van der Waals surface area contributed by atoms with Gasteiger partial charge in [0.15, 0.2) is 0 Å². The standard InChI is InChI=1S/C15H20N4O2/c1-3-5-12-8-11(9-14(18-12)19-16)15(20)17-10(2)13-6-4-7-21-13/h4,6-10H,3,5,16H2,1-2H3,(H,17,20)(H,18,19). The number of nitrogens with zero attached hydrogens (tertiary/aromatic N) is 1. The summed E-state index contributed by atoms with van der Waals surface area (Å²) < 4.78 is 5.28. The fourth-order valence-electron chi connectivity index (χ4n) is 2.07. The lowest BCUT2D eigenvalue weighted by molar-refractivity contribution is 0.0935. The van der Waals surface area contributed by atoms with E-state index < -0.39 is 0 Å². The van der Waals surface area contributed by atoms with Crippen molar-refractivity contribution in [3.63, 3.8) is 0 Å².